The number of alkyl halides is 3. The minimum Gasteiger partial charge on any atom is -0.334 e. The van der Waals surface area contributed by atoms with Gasteiger partial charge in [0.05, 0.1) is 11.0 Å². The Labute approximate surface area is 175 Å². The molecule has 0 radical (unpaired) electrons. The fourth-order valence-corrected chi connectivity index (χ4v) is 4.60. The number of aromatic nitrogens is 2. The van der Waals surface area contributed by atoms with E-state index in [0.29, 0.717) is 17.0 Å². The number of piperidine rings is 1. The zero-order chi connectivity index (χ0) is 21.4. The van der Waals surface area contributed by atoms with Crippen molar-refractivity contribution < 1.29 is 13.2 Å². The van der Waals surface area contributed by atoms with Crippen LogP contribution in [0.1, 0.15) is 43.6 Å². The van der Waals surface area contributed by atoms with Crippen LogP contribution in [0.2, 0.25) is 0 Å². The van der Waals surface area contributed by atoms with Gasteiger partial charge in [-0.05, 0) is 66.9 Å². The van der Waals surface area contributed by atoms with Crippen LogP contribution < -0.4 is 0 Å². The van der Waals surface area contributed by atoms with Gasteiger partial charge in [-0.25, -0.2) is 4.98 Å². The van der Waals surface area contributed by atoms with Crippen LogP contribution in [0.5, 0.6) is 0 Å². The zero-order valence-electron chi connectivity index (χ0n) is 17.5. The van der Waals surface area contributed by atoms with Crippen molar-refractivity contribution in [2.24, 2.45) is 5.92 Å². The SMILES string of the molecule is CC1CN(CCCc2ccccc2)CCC1(C)c1ccc2[nH]c(C(F)(F)F)nc2c1. The smallest absolute Gasteiger partial charge is 0.334 e. The van der Waals surface area contributed by atoms with Gasteiger partial charge in [0.1, 0.15) is 0 Å². The Morgan fingerprint density at radius 3 is 2.63 bits per heavy atom. The number of aromatic amines is 1. The van der Waals surface area contributed by atoms with Crippen LogP contribution in [-0.4, -0.2) is 34.5 Å². The van der Waals surface area contributed by atoms with Gasteiger partial charge in [-0.3, -0.25) is 0 Å². The molecule has 1 aliphatic heterocycles. The van der Waals surface area contributed by atoms with Crippen LogP contribution in [0.3, 0.4) is 0 Å². The van der Waals surface area contributed by atoms with Gasteiger partial charge in [-0.2, -0.15) is 13.2 Å². The van der Waals surface area contributed by atoms with Crippen molar-refractivity contribution in [3.05, 3.63) is 65.5 Å². The molecule has 1 N–H and O–H groups in total. The summed E-state index contributed by atoms with van der Waals surface area (Å²) < 4.78 is 38.9. The molecule has 0 aliphatic carbocycles. The van der Waals surface area contributed by atoms with E-state index in [0.717, 1.165) is 44.5 Å². The predicted molar refractivity (Wildman–Crippen MR) is 113 cm³/mol. The van der Waals surface area contributed by atoms with Gasteiger partial charge in [0, 0.05) is 6.54 Å². The molecule has 30 heavy (non-hydrogen) atoms. The molecule has 160 valence electrons. The molecule has 3 nitrogen and oxygen atoms in total. The third-order valence-corrected chi connectivity index (χ3v) is 6.76. The summed E-state index contributed by atoms with van der Waals surface area (Å²) in [5.74, 6) is -0.525. The van der Waals surface area contributed by atoms with Gasteiger partial charge in [0.2, 0.25) is 5.82 Å². The molecular formula is C24H28F3N3. The first-order valence-corrected chi connectivity index (χ1v) is 10.6. The molecule has 2 aromatic carbocycles. The number of H-pyrrole nitrogens is 1. The molecule has 2 unspecified atom stereocenters. The number of hydrogen-bond acceptors (Lipinski definition) is 2. The molecule has 4 rings (SSSR count). The fraction of sp³-hybridized carbons (Fsp3) is 0.458. The van der Waals surface area contributed by atoms with Crippen molar-refractivity contribution in [1.82, 2.24) is 14.9 Å². The minimum absolute atomic E-state index is 0.0680. The van der Waals surface area contributed by atoms with E-state index in [1.165, 1.54) is 5.56 Å². The lowest BCUT2D eigenvalue weighted by molar-refractivity contribution is -0.144. The van der Waals surface area contributed by atoms with Crippen LogP contribution >= 0.6 is 0 Å². The van der Waals surface area contributed by atoms with Crippen molar-refractivity contribution >= 4 is 11.0 Å². The van der Waals surface area contributed by atoms with E-state index in [9.17, 15) is 13.2 Å². The van der Waals surface area contributed by atoms with Gasteiger partial charge < -0.3 is 9.88 Å². The molecule has 1 aromatic heterocycles. The van der Waals surface area contributed by atoms with Crippen LogP contribution in [-0.2, 0) is 18.0 Å². The largest absolute Gasteiger partial charge is 0.449 e. The zero-order valence-corrected chi connectivity index (χ0v) is 17.5. The number of halogens is 3. The summed E-state index contributed by atoms with van der Waals surface area (Å²) in [7, 11) is 0. The first-order chi connectivity index (χ1) is 14.3. The van der Waals surface area contributed by atoms with Crippen molar-refractivity contribution in [2.45, 2.75) is 44.7 Å². The Balaban J connectivity index is 1.42. The predicted octanol–water partition coefficient (Wildman–Crippen LogP) is 5.81. The Bertz CT molecular complexity index is 996. The van der Waals surface area contributed by atoms with Gasteiger partial charge in [0.25, 0.3) is 0 Å². The molecule has 0 saturated carbocycles. The summed E-state index contributed by atoms with van der Waals surface area (Å²) >= 11 is 0. The highest BCUT2D eigenvalue weighted by Gasteiger charge is 2.39. The second kappa shape index (κ2) is 8.06. The number of nitrogens with zero attached hydrogens (tertiary/aromatic N) is 2. The Hall–Kier alpha value is -2.34. The van der Waals surface area contributed by atoms with E-state index in [1.807, 2.05) is 18.2 Å². The molecule has 6 heteroatoms. The Morgan fingerprint density at radius 2 is 1.93 bits per heavy atom. The standard InChI is InChI=1S/C24H28F3N3/c1-17-16-30(13-6-9-18-7-4-3-5-8-18)14-12-23(17,2)19-10-11-20-21(15-19)29-22(28-20)24(25,26)27/h3-5,7-8,10-11,15,17H,6,9,12-14,16H2,1-2H3,(H,28,29). The van der Waals surface area contributed by atoms with E-state index in [-0.39, 0.29) is 5.41 Å². The first kappa shape index (κ1) is 20.9. The highest BCUT2D eigenvalue weighted by molar-refractivity contribution is 5.76. The molecule has 2 heterocycles. The summed E-state index contributed by atoms with van der Waals surface area (Å²) in [5, 5.41) is 0. The van der Waals surface area contributed by atoms with Crippen molar-refractivity contribution in [2.75, 3.05) is 19.6 Å². The maximum atomic E-state index is 13.0. The Kier molecular flexibility index (Phi) is 5.62. The Morgan fingerprint density at radius 1 is 1.17 bits per heavy atom. The lowest BCUT2D eigenvalue weighted by Gasteiger charge is -2.45. The molecule has 1 fully saturated rings. The number of nitrogens with one attached hydrogen (secondary N) is 1. The molecular weight excluding hydrogens is 387 g/mol. The molecule has 3 aromatic rings. The summed E-state index contributed by atoms with van der Waals surface area (Å²) in [4.78, 5) is 8.70. The second-order valence-corrected chi connectivity index (χ2v) is 8.77. The highest BCUT2D eigenvalue weighted by Crippen LogP contribution is 2.40. The maximum Gasteiger partial charge on any atom is 0.449 e. The van der Waals surface area contributed by atoms with E-state index < -0.39 is 12.0 Å². The lowest BCUT2D eigenvalue weighted by atomic mass is 9.68. The molecule has 1 saturated heterocycles. The monoisotopic (exact) mass is 415 g/mol. The second-order valence-electron chi connectivity index (χ2n) is 8.77. The lowest BCUT2D eigenvalue weighted by Crippen LogP contribution is -2.47. The minimum atomic E-state index is -4.46. The summed E-state index contributed by atoms with van der Waals surface area (Å²) in [5.41, 5.74) is 3.20. The quantitative estimate of drug-likeness (QED) is 0.570. The number of aryl methyl sites for hydroxylation is 1. The summed E-state index contributed by atoms with van der Waals surface area (Å²) in [6.45, 7) is 7.55. The number of rotatable bonds is 5. The normalized spacial score (nSPS) is 23.2. The van der Waals surface area contributed by atoms with Crippen molar-refractivity contribution in [1.29, 1.82) is 0 Å². The van der Waals surface area contributed by atoms with Crippen LogP contribution in [0.15, 0.2) is 48.5 Å². The number of likely N-dealkylation sites (tertiary alicyclic amines) is 1. The molecule has 0 amide bonds. The van der Waals surface area contributed by atoms with Gasteiger partial charge >= 0.3 is 6.18 Å². The average Bonchev–Trinajstić information content (AvgIpc) is 3.16. The van der Waals surface area contributed by atoms with Gasteiger partial charge in [-0.15, -0.1) is 0 Å². The molecule has 0 spiro atoms. The fourth-order valence-electron chi connectivity index (χ4n) is 4.60. The van der Waals surface area contributed by atoms with Crippen molar-refractivity contribution in [3.8, 4) is 0 Å². The molecule has 1 aliphatic rings. The van der Waals surface area contributed by atoms with E-state index in [1.54, 1.807) is 6.07 Å². The number of benzene rings is 2. The van der Waals surface area contributed by atoms with Crippen molar-refractivity contribution in [3.63, 3.8) is 0 Å². The summed E-state index contributed by atoms with van der Waals surface area (Å²) in [6.07, 6.45) is -1.25. The van der Waals surface area contributed by atoms with E-state index in [2.05, 4.69) is 53.0 Å². The third-order valence-electron chi connectivity index (χ3n) is 6.76. The molecule has 2 atom stereocenters. The summed E-state index contributed by atoms with van der Waals surface area (Å²) in [6, 6.07) is 16.1. The highest BCUT2D eigenvalue weighted by atomic mass is 19.4. The van der Waals surface area contributed by atoms with E-state index >= 15 is 0 Å². The van der Waals surface area contributed by atoms with Gasteiger partial charge in [-0.1, -0.05) is 50.2 Å². The third kappa shape index (κ3) is 4.24. The number of fused-ring (bicyclic) bond motifs is 1. The van der Waals surface area contributed by atoms with E-state index in [4.69, 9.17) is 0 Å². The average molecular weight is 416 g/mol. The molecule has 0 bridgehead atoms. The topological polar surface area (TPSA) is 31.9 Å². The number of hydrogen-bond donors (Lipinski definition) is 1. The first-order valence-electron chi connectivity index (χ1n) is 10.6. The van der Waals surface area contributed by atoms with Crippen LogP contribution in [0.25, 0.3) is 11.0 Å². The van der Waals surface area contributed by atoms with Gasteiger partial charge in [0.15, 0.2) is 0 Å². The van der Waals surface area contributed by atoms with Crippen LogP contribution in [0.4, 0.5) is 13.2 Å². The maximum absolute atomic E-state index is 13.0. The van der Waals surface area contributed by atoms with Crippen LogP contribution in [0, 0.1) is 5.92 Å². The number of imidazole rings is 1.